The van der Waals surface area contributed by atoms with Gasteiger partial charge in [-0.2, -0.15) is 0 Å². The SMILES string of the molecule is O=C(c1scnc1C1CCCC1)N1CCN(C[C@@H](O)c2ccccc2)CC1. The van der Waals surface area contributed by atoms with Crippen LogP contribution in [-0.4, -0.2) is 58.5 Å². The summed E-state index contributed by atoms with van der Waals surface area (Å²) >= 11 is 1.49. The van der Waals surface area contributed by atoms with Crippen LogP contribution in [0.5, 0.6) is 0 Å². The summed E-state index contributed by atoms with van der Waals surface area (Å²) in [6, 6.07) is 9.77. The van der Waals surface area contributed by atoms with E-state index in [1.54, 1.807) is 0 Å². The molecular weight excluding hydrogens is 358 g/mol. The van der Waals surface area contributed by atoms with Gasteiger partial charge < -0.3 is 10.0 Å². The molecule has 0 unspecified atom stereocenters. The molecule has 1 aliphatic carbocycles. The van der Waals surface area contributed by atoms with Crippen molar-refractivity contribution in [1.29, 1.82) is 0 Å². The molecule has 1 N–H and O–H groups in total. The Bertz CT molecular complexity index is 750. The Labute approximate surface area is 164 Å². The molecule has 1 aromatic heterocycles. The maximum atomic E-state index is 13.0. The van der Waals surface area contributed by atoms with Crippen molar-refractivity contribution in [2.75, 3.05) is 32.7 Å². The van der Waals surface area contributed by atoms with Gasteiger partial charge in [-0.05, 0) is 18.4 Å². The number of hydrogen-bond acceptors (Lipinski definition) is 5. The monoisotopic (exact) mass is 385 g/mol. The zero-order valence-corrected chi connectivity index (χ0v) is 16.4. The van der Waals surface area contributed by atoms with Crippen LogP contribution in [0.1, 0.15) is 58.6 Å². The number of amides is 1. The molecule has 5 nitrogen and oxygen atoms in total. The molecule has 1 aliphatic heterocycles. The quantitative estimate of drug-likeness (QED) is 0.858. The van der Waals surface area contributed by atoms with Crippen LogP contribution >= 0.6 is 11.3 Å². The highest BCUT2D eigenvalue weighted by atomic mass is 32.1. The summed E-state index contributed by atoms with van der Waals surface area (Å²) in [6.45, 7) is 3.63. The smallest absolute Gasteiger partial charge is 0.265 e. The second-order valence-corrected chi connectivity index (χ2v) is 8.42. The Balaban J connectivity index is 1.33. The van der Waals surface area contributed by atoms with Gasteiger partial charge in [0.15, 0.2) is 0 Å². The number of thiazole rings is 1. The summed E-state index contributed by atoms with van der Waals surface area (Å²) < 4.78 is 0. The average Bonchev–Trinajstić information content (AvgIpc) is 3.40. The second kappa shape index (κ2) is 8.50. The number of aliphatic hydroxyl groups excluding tert-OH is 1. The normalized spacial score (nSPS) is 20.1. The molecule has 27 heavy (non-hydrogen) atoms. The maximum absolute atomic E-state index is 13.0. The van der Waals surface area contributed by atoms with Crippen LogP contribution in [0.25, 0.3) is 0 Å². The fraction of sp³-hybridized carbons (Fsp3) is 0.524. The minimum atomic E-state index is -0.482. The first kappa shape index (κ1) is 18.6. The fourth-order valence-corrected chi connectivity index (χ4v) is 5.05. The van der Waals surface area contributed by atoms with E-state index in [9.17, 15) is 9.90 Å². The van der Waals surface area contributed by atoms with Crippen molar-refractivity contribution in [3.63, 3.8) is 0 Å². The van der Waals surface area contributed by atoms with Gasteiger partial charge in [-0.25, -0.2) is 4.98 Å². The highest BCUT2D eigenvalue weighted by Gasteiger charge is 2.29. The summed E-state index contributed by atoms with van der Waals surface area (Å²) in [6.07, 6.45) is 4.34. The van der Waals surface area contributed by atoms with E-state index in [4.69, 9.17) is 0 Å². The molecule has 2 fully saturated rings. The van der Waals surface area contributed by atoms with Crippen LogP contribution in [0.3, 0.4) is 0 Å². The maximum Gasteiger partial charge on any atom is 0.265 e. The molecule has 144 valence electrons. The summed E-state index contributed by atoms with van der Waals surface area (Å²) in [5.41, 5.74) is 3.80. The van der Waals surface area contributed by atoms with Gasteiger partial charge >= 0.3 is 0 Å². The van der Waals surface area contributed by atoms with Crippen molar-refractivity contribution >= 4 is 17.2 Å². The van der Waals surface area contributed by atoms with E-state index in [0.29, 0.717) is 25.6 Å². The van der Waals surface area contributed by atoms with Gasteiger partial charge in [-0.1, -0.05) is 43.2 Å². The Morgan fingerprint density at radius 3 is 2.56 bits per heavy atom. The first-order valence-electron chi connectivity index (χ1n) is 9.90. The first-order valence-corrected chi connectivity index (χ1v) is 10.8. The minimum Gasteiger partial charge on any atom is -0.387 e. The lowest BCUT2D eigenvalue weighted by Gasteiger charge is -2.35. The summed E-state index contributed by atoms with van der Waals surface area (Å²) in [7, 11) is 0. The molecule has 2 aliphatic rings. The van der Waals surface area contributed by atoms with Crippen LogP contribution in [0.4, 0.5) is 0 Å². The molecule has 0 radical (unpaired) electrons. The molecule has 1 aromatic carbocycles. The number of hydrogen-bond donors (Lipinski definition) is 1. The van der Waals surface area contributed by atoms with Gasteiger partial charge in [0.05, 0.1) is 17.3 Å². The molecular formula is C21H27N3O2S. The summed E-state index contributed by atoms with van der Waals surface area (Å²) in [4.78, 5) is 22.6. The van der Waals surface area contributed by atoms with E-state index < -0.39 is 6.10 Å². The molecule has 0 spiro atoms. The minimum absolute atomic E-state index is 0.141. The van der Waals surface area contributed by atoms with E-state index in [0.717, 1.165) is 42.1 Å². The van der Waals surface area contributed by atoms with Crippen molar-refractivity contribution in [2.45, 2.75) is 37.7 Å². The Morgan fingerprint density at radius 2 is 1.85 bits per heavy atom. The lowest BCUT2D eigenvalue weighted by molar-refractivity contribution is 0.0530. The van der Waals surface area contributed by atoms with Crippen molar-refractivity contribution in [2.24, 2.45) is 0 Å². The number of carbonyl (C=O) groups is 1. The number of benzene rings is 1. The largest absolute Gasteiger partial charge is 0.387 e. The van der Waals surface area contributed by atoms with E-state index in [2.05, 4.69) is 9.88 Å². The number of β-amino-alcohol motifs (C(OH)–C–C–N with tert-alkyl or cyclic N) is 1. The topological polar surface area (TPSA) is 56.7 Å². The predicted molar refractivity (Wildman–Crippen MR) is 107 cm³/mol. The van der Waals surface area contributed by atoms with Crippen molar-refractivity contribution in [3.8, 4) is 0 Å². The highest BCUT2D eigenvalue weighted by Crippen LogP contribution is 2.36. The predicted octanol–water partition coefficient (Wildman–Crippen LogP) is 3.29. The van der Waals surface area contributed by atoms with E-state index in [1.807, 2.05) is 40.7 Å². The molecule has 2 aromatic rings. The van der Waals surface area contributed by atoms with Gasteiger partial charge in [-0.3, -0.25) is 9.69 Å². The number of aromatic nitrogens is 1. The molecule has 2 heterocycles. The Hall–Kier alpha value is -1.76. The van der Waals surface area contributed by atoms with Crippen molar-refractivity contribution in [1.82, 2.24) is 14.8 Å². The zero-order valence-electron chi connectivity index (χ0n) is 15.6. The lowest BCUT2D eigenvalue weighted by atomic mass is 10.0. The summed E-state index contributed by atoms with van der Waals surface area (Å²) in [5, 5.41) is 10.4. The second-order valence-electron chi connectivity index (χ2n) is 7.57. The summed E-state index contributed by atoms with van der Waals surface area (Å²) in [5.74, 6) is 0.611. The van der Waals surface area contributed by atoms with Crippen LogP contribution in [0, 0.1) is 0 Å². The number of piperazine rings is 1. The molecule has 1 saturated carbocycles. The Kier molecular flexibility index (Phi) is 5.86. The van der Waals surface area contributed by atoms with E-state index in [-0.39, 0.29) is 5.91 Å². The molecule has 6 heteroatoms. The molecule has 1 amide bonds. The van der Waals surface area contributed by atoms with Gasteiger partial charge in [0.2, 0.25) is 0 Å². The number of nitrogens with zero attached hydrogens (tertiary/aromatic N) is 3. The number of aliphatic hydroxyl groups is 1. The standard InChI is InChI=1S/C21H27N3O2S/c25-18(16-6-2-1-3-7-16)14-23-10-12-24(13-11-23)21(26)20-19(22-15-27-20)17-8-4-5-9-17/h1-3,6-7,15,17-18,25H,4-5,8-14H2/t18-/m1/s1. The van der Waals surface area contributed by atoms with Gasteiger partial charge in [-0.15, -0.1) is 11.3 Å². The van der Waals surface area contributed by atoms with Gasteiger partial charge in [0.1, 0.15) is 4.88 Å². The number of carbonyl (C=O) groups excluding carboxylic acids is 1. The third-order valence-corrected chi connectivity index (χ3v) is 6.64. The van der Waals surface area contributed by atoms with E-state index >= 15 is 0 Å². The fourth-order valence-electron chi connectivity index (χ4n) is 4.21. The van der Waals surface area contributed by atoms with Crippen molar-refractivity contribution in [3.05, 3.63) is 52.0 Å². The van der Waals surface area contributed by atoms with Gasteiger partial charge in [0.25, 0.3) is 5.91 Å². The van der Waals surface area contributed by atoms with Crippen molar-refractivity contribution < 1.29 is 9.90 Å². The first-order chi connectivity index (χ1) is 13.2. The lowest BCUT2D eigenvalue weighted by Crippen LogP contribution is -2.49. The average molecular weight is 386 g/mol. The Morgan fingerprint density at radius 1 is 1.15 bits per heavy atom. The van der Waals surface area contributed by atoms with Crippen LogP contribution in [-0.2, 0) is 0 Å². The zero-order chi connectivity index (χ0) is 18.6. The number of rotatable bonds is 5. The molecule has 0 bridgehead atoms. The van der Waals surface area contributed by atoms with E-state index in [1.165, 1.54) is 24.2 Å². The third kappa shape index (κ3) is 4.23. The molecule has 1 atom stereocenters. The third-order valence-electron chi connectivity index (χ3n) is 5.81. The van der Waals surface area contributed by atoms with Crippen LogP contribution in [0.15, 0.2) is 35.8 Å². The van der Waals surface area contributed by atoms with Gasteiger partial charge in [0, 0.05) is 38.6 Å². The molecule has 1 saturated heterocycles. The highest BCUT2D eigenvalue weighted by molar-refractivity contribution is 7.11. The molecule has 4 rings (SSSR count). The van der Waals surface area contributed by atoms with Crippen LogP contribution < -0.4 is 0 Å². The van der Waals surface area contributed by atoms with Crippen LogP contribution in [0.2, 0.25) is 0 Å².